The molecule has 1 aliphatic rings. The van der Waals surface area contributed by atoms with Gasteiger partial charge in [-0.25, -0.2) is 0 Å². The number of hydrogen-bond acceptors (Lipinski definition) is 1. The highest BCUT2D eigenvalue weighted by Gasteiger charge is 2.20. The van der Waals surface area contributed by atoms with E-state index in [4.69, 9.17) is 0 Å². The molecule has 0 aromatic carbocycles. The molecular formula is C12H15N. The summed E-state index contributed by atoms with van der Waals surface area (Å²) in [6.45, 7) is 4.48. The molecule has 0 saturated heterocycles. The van der Waals surface area contributed by atoms with Crippen LogP contribution in [-0.4, -0.2) is 4.98 Å². The first kappa shape index (κ1) is 8.49. The number of aromatic nitrogens is 1. The Kier molecular flexibility index (Phi) is 2.17. The second kappa shape index (κ2) is 3.33. The van der Waals surface area contributed by atoms with E-state index in [1.807, 2.05) is 18.5 Å². The van der Waals surface area contributed by atoms with E-state index < -0.39 is 0 Å². The van der Waals surface area contributed by atoms with Crippen molar-refractivity contribution >= 4 is 0 Å². The third-order valence-corrected chi connectivity index (χ3v) is 2.99. The number of allylic oxidation sites excluding steroid dienone is 2. The zero-order chi connectivity index (χ0) is 9.26. The lowest BCUT2D eigenvalue weighted by atomic mass is 9.97. The van der Waals surface area contributed by atoms with Gasteiger partial charge in [0.25, 0.3) is 0 Å². The van der Waals surface area contributed by atoms with Crippen molar-refractivity contribution in [2.45, 2.75) is 32.6 Å². The summed E-state index contributed by atoms with van der Waals surface area (Å²) in [5.74, 6) is 0.689. The van der Waals surface area contributed by atoms with E-state index in [0.29, 0.717) is 5.92 Å². The Morgan fingerprint density at radius 1 is 1.23 bits per heavy atom. The summed E-state index contributed by atoms with van der Waals surface area (Å²) >= 11 is 0. The van der Waals surface area contributed by atoms with Crippen molar-refractivity contribution in [3.63, 3.8) is 0 Å². The molecule has 0 saturated carbocycles. The third kappa shape index (κ3) is 1.64. The third-order valence-electron chi connectivity index (χ3n) is 2.99. The summed E-state index contributed by atoms with van der Waals surface area (Å²) < 4.78 is 0. The number of rotatable bonds is 1. The Bertz CT molecular complexity index is 310. The minimum atomic E-state index is 0.689. The standard InChI is InChI=1S/C12H15N/c1-9-6-12(7-10(9)2)11-4-3-5-13-8-11/h3-5,8,12H,6-7H2,1-2H3. The normalized spacial score (nSPS) is 18.3. The molecule has 0 aliphatic heterocycles. The number of pyridine rings is 1. The van der Waals surface area contributed by atoms with E-state index in [9.17, 15) is 0 Å². The van der Waals surface area contributed by atoms with Gasteiger partial charge in [-0.3, -0.25) is 4.98 Å². The van der Waals surface area contributed by atoms with Crippen LogP contribution < -0.4 is 0 Å². The predicted molar refractivity (Wildman–Crippen MR) is 54.6 cm³/mol. The van der Waals surface area contributed by atoms with Crippen LogP contribution in [0.15, 0.2) is 35.7 Å². The van der Waals surface area contributed by atoms with Crippen LogP contribution in [0.4, 0.5) is 0 Å². The van der Waals surface area contributed by atoms with Gasteiger partial charge < -0.3 is 0 Å². The molecule has 1 nitrogen and oxygen atoms in total. The van der Waals surface area contributed by atoms with E-state index >= 15 is 0 Å². The van der Waals surface area contributed by atoms with Crippen LogP contribution in [0.2, 0.25) is 0 Å². The lowest BCUT2D eigenvalue weighted by Crippen LogP contribution is -1.93. The maximum absolute atomic E-state index is 4.16. The molecule has 0 unspecified atom stereocenters. The van der Waals surface area contributed by atoms with Crippen molar-refractivity contribution in [2.75, 3.05) is 0 Å². The Labute approximate surface area is 79.5 Å². The molecule has 2 rings (SSSR count). The zero-order valence-electron chi connectivity index (χ0n) is 8.25. The molecule has 1 aromatic rings. The molecule has 1 aromatic heterocycles. The average Bonchev–Trinajstić information content (AvgIpc) is 2.49. The molecule has 0 fully saturated rings. The van der Waals surface area contributed by atoms with Crippen molar-refractivity contribution in [1.29, 1.82) is 0 Å². The van der Waals surface area contributed by atoms with Crippen molar-refractivity contribution < 1.29 is 0 Å². The average molecular weight is 173 g/mol. The van der Waals surface area contributed by atoms with E-state index in [0.717, 1.165) is 0 Å². The summed E-state index contributed by atoms with van der Waals surface area (Å²) in [4.78, 5) is 4.16. The fraction of sp³-hybridized carbons (Fsp3) is 0.417. The van der Waals surface area contributed by atoms with E-state index in [1.165, 1.54) is 18.4 Å². The van der Waals surface area contributed by atoms with Crippen molar-refractivity contribution in [1.82, 2.24) is 4.98 Å². The molecule has 0 amide bonds. The van der Waals surface area contributed by atoms with E-state index in [-0.39, 0.29) is 0 Å². The van der Waals surface area contributed by atoms with Gasteiger partial charge in [-0.2, -0.15) is 0 Å². The topological polar surface area (TPSA) is 12.9 Å². The highest BCUT2D eigenvalue weighted by Crippen LogP contribution is 2.37. The van der Waals surface area contributed by atoms with Gasteiger partial charge >= 0.3 is 0 Å². The summed E-state index contributed by atoms with van der Waals surface area (Å²) in [6, 6.07) is 4.21. The Morgan fingerprint density at radius 3 is 2.46 bits per heavy atom. The molecule has 68 valence electrons. The molecule has 1 aliphatic carbocycles. The number of hydrogen-bond donors (Lipinski definition) is 0. The predicted octanol–water partition coefficient (Wildman–Crippen LogP) is 3.30. The summed E-state index contributed by atoms with van der Waals surface area (Å²) in [5.41, 5.74) is 4.52. The second-order valence-corrected chi connectivity index (χ2v) is 3.95. The minimum Gasteiger partial charge on any atom is -0.264 e. The molecule has 0 N–H and O–H groups in total. The van der Waals surface area contributed by atoms with Gasteiger partial charge in [0, 0.05) is 12.4 Å². The Morgan fingerprint density at radius 2 is 1.92 bits per heavy atom. The summed E-state index contributed by atoms with van der Waals surface area (Å²) in [5, 5.41) is 0. The highest BCUT2D eigenvalue weighted by molar-refractivity contribution is 5.27. The SMILES string of the molecule is CC1=C(C)CC(c2cccnc2)C1. The fourth-order valence-corrected chi connectivity index (χ4v) is 2.01. The van der Waals surface area contributed by atoms with Crippen LogP contribution in [0, 0.1) is 0 Å². The summed E-state index contributed by atoms with van der Waals surface area (Å²) in [7, 11) is 0. The highest BCUT2D eigenvalue weighted by atomic mass is 14.6. The molecule has 0 radical (unpaired) electrons. The largest absolute Gasteiger partial charge is 0.264 e. The molecular weight excluding hydrogens is 158 g/mol. The van der Waals surface area contributed by atoms with Crippen molar-refractivity contribution in [3.05, 3.63) is 41.2 Å². The lowest BCUT2D eigenvalue weighted by Gasteiger charge is -2.08. The maximum Gasteiger partial charge on any atom is 0.0302 e. The molecule has 0 bridgehead atoms. The van der Waals surface area contributed by atoms with Gasteiger partial charge in [0.15, 0.2) is 0 Å². The smallest absolute Gasteiger partial charge is 0.0302 e. The fourth-order valence-electron chi connectivity index (χ4n) is 2.01. The first-order valence-electron chi connectivity index (χ1n) is 4.82. The summed E-state index contributed by atoms with van der Waals surface area (Å²) in [6.07, 6.45) is 6.27. The zero-order valence-corrected chi connectivity index (χ0v) is 8.25. The molecule has 13 heavy (non-hydrogen) atoms. The van der Waals surface area contributed by atoms with Crippen molar-refractivity contribution in [2.24, 2.45) is 0 Å². The van der Waals surface area contributed by atoms with Crippen LogP contribution in [0.25, 0.3) is 0 Å². The van der Waals surface area contributed by atoms with Gasteiger partial charge in [-0.15, -0.1) is 0 Å². The van der Waals surface area contributed by atoms with Crippen LogP contribution in [0.5, 0.6) is 0 Å². The Balaban J connectivity index is 2.16. The van der Waals surface area contributed by atoms with Crippen molar-refractivity contribution in [3.8, 4) is 0 Å². The first-order valence-corrected chi connectivity index (χ1v) is 4.82. The lowest BCUT2D eigenvalue weighted by molar-refractivity contribution is 0.727. The van der Waals surface area contributed by atoms with E-state index in [1.54, 1.807) is 11.1 Å². The van der Waals surface area contributed by atoms with Gasteiger partial charge in [0.2, 0.25) is 0 Å². The second-order valence-electron chi connectivity index (χ2n) is 3.95. The van der Waals surface area contributed by atoms with Gasteiger partial charge in [-0.1, -0.05) is 17.2 Å². The van der Waals surface area contributed by atoms with Crippen LogP contribution in [0.3, 0.4) is 0 Å². The minimum absolute atomic E-state index is 0.689. The van der Waals surface area contributed by atoms with Crippen LogP contribution in [0.1, 0.15) is 38.2 Å². The monoisotopic (exact) mass is 173 g/mol. The maximum atomic E-state index is 4.16. The van der Waals surface area contributed by atoms with Crippen LogP contribution in [-0.2, 0) is 0 Å². The molecule has 1 heterocycles. The van der Waals surface area contributed by atoms with E-state index in [2.05, 4.69) is 24.9 Å². The molecule has 1 heteroatoms. The number of nitrogens with zero attached hydrogens (tertiary/aromatic N) is 1. The molecule has 0 atom stereocenters. The Hall–Kier alpha value is -1.11. The van der Waals surface area contributed by atoms with Gasteiger partial charge in [-0.05, 0) is 44.2 Å². The quantitative estimate of drug-likeness (QED) is 0.594. The van der Waals surface area contributed by atoms with Crippen LogP contribution >= 0.6 is 0 Å². The van der Waals surface area contributed by atoms with Gasteiger partial charge in [0.05, 0.1) is 0 Å². The first-order chi connectivity index (χ1) is 6.27. The molecule has 0 spiro atoms. The van der Waals surface area contributed by atoms with Gasteiger partial charge in [0.1, 0.15) is 0 Å².